The summed E-state index contributed by atoms with van der Waals surface area (Å²) in [7, 11) is 4.06. The van der Waals surface area contributed by atoms with E-state index >= 15 is 0 Å². The van der Waals surface area contributed by atoms with E-state index in [1.807, 2.05) is 42.9 Å². The minimum atomic E-state index is -0.353. The molecule has 1 fully saturated rings. The van der Waals surface area contributed by atoms with Crippen LogP contribution in [-0.4, -0.2) is 86.9 Å². The zero-order valence-corrected chi connectivity index (χ0v) is 23.7. The fourth-order valence-corrected chi connectivity index (χ4v) is 5.60. The van der Waals surface area contributed by atoms with Crippen molar-refractivity contribution < 1.29 is 14.3 Å². The highest BCUT2D eigenvalue weighted by Crippen LogP contribution is 2.45. The second-order valence-corrected chi connectivity index (χ2v) is 11.0. The number of anilines is 1. The molecule has 4 aromatic rings. The number of rotatable bonds is 10. The predicted molar refractivity (Wildman–Crippen MR) is 163 cm³/mol. The van der Waals surface area contributed by atoms with Crippen LogP contribution >= 0.6 is 0 Å². The number of pyridine rings is 1. The van der Waals surface area contributed by atoms with Gasteiger partial charge in [0.1, 0.15) is 11.1 Å². The van der Waals surface area contributed by atoms with Crippen LogP contribution in [0.3, 0.4) is 0 Å². The lowest BCUT2D eigenvalue weighted by Crippen LogP contribution is -2.39. The van der Waals surface area contributed by atoms with Gasteiger partial charge in [0, 0.05) is 38.9 Å². The molecule has 0 atom stereocenters. The molecule has 41 heavy (non-hydrogen) atoms. The van der Waals surface area contributed by atoms with Crippen molar-refractivity contribution in [1.82, 2.24) is 19.7 Å². The van der Waals surface area contributed by atoms with E-state index in [0.717, 1.165) is 80.9 Å². The van der Waals surface area contributed by atoms with Crippen molar-refractivity contribution in [2.45, 2.75) is 12.8 Å². The molecule has 0 radical (unpaired) electrons. The number of benzene rings is 3. The number of nitrogens with zero attached hydrogens (tertiary/aromatic N) is 3. The normalized spacial score (nSPS) is 14.7. The summed E-state index contributed by atoms with van der Waals surface area (Å²) in [5, 5.41) is 9.05. The first kappa shape index (κ1) is 27.3. The third-order valence-electron chi connectivity index (χ3n) is 7.83. The molecule has 0 saturated carbocycles. The van der Waals surface area contributed by atoms with Crippen LogP contribution in [0, 0.1) is 0 Å². The van der Waals surface area contributed by atoms with Gasteiger partial charge in [-0.1, -0.05) is 24.3 Å². The lowest BCUT2D eigenvalue weighted by molar-refractivity contribution is 0.0398. The number of amides is 1. The van der Waals surface area contributed by atoms with E-state index in [1.165, 1.54) is 0 Å². The number of aromatic nitrogens is 1. The molecule has 3 aromatic carbocycles. The van der Waals surface area contributed by atoms with Crippen LogP contribution in [0.5, 0.6) is 11.5 Å². The second-order valence-electron chi connectivity index (χ2n) is 11.0. The van der Waals surface area contributed by atoms with Gasteiger partial charge in [-0.25, -0.2) is 0 Å². The van der Waals surface area contributed by atoms with Gasteiger partial charge in [-0.3, -0.25) is 14.5 Å². The molecule has 2 aliphatic rings. The van der Waals surface area contributed by atoms with Crippen LogP contribution in [0.25, 0.3) is 27.4 Å². The number of carbonyl (C=O) groups is 1. The molecule has 1 aromatic heterocycles. The fraction of sp³-hybridized carbons (Fsp3) is 0.375. The summed E-state index contributed by atoms with van der Waals surface area (Å²) in [6.45, 7) is 6.43. The maximum absolute atomic E-state index is 13.7. The smallest absolute Gasteiger partial charge is 0.256 e. The molecule has 9 heteroatoms. The van der Waals surface area contributed by atoms with Gasteiger partial charge in [-0.15, -0.1) is 0 Å². The molecule has 0 unspecified atom stereocenters. The summed E-state index contributed by atoms with van der Waals surface area (Å²) in [5.74, 6) is 0.923. The molecular formula is C32H37N5O4. The molecule has 9 nitrogen and oxygen atoms in total. The minimum absolute atomic E-state index is 0.130. The quantitative estimate of drug-likeness (QED) is 0.251. The Morgan fingerprint density at radius 2 is 1.78 bits per heavy atom. The highest BCUT2D eigenvalue weighted by Gasteiger charge is 2.27. The number of hydrogen-bond acceptors (Lipinski definition) is 7. The average Bonchev–Trinajstić information content (AvgIpc) is 2.98. The summed E-state index contributed by atoms with van der Waals surface area (Å²) >= 11 is 0. The topological polar surface area (TPSA) is 88.1 Å². The third kappa shape index (κ3) is 5.66. The van der Waals surface area contributed by atoms with Crippen molar-refractivity contribution in [3.8, 4) is 17.2 Å². The summed E-state index contributed by atoms with van der Waals surface area (Å²) in [6, 6.07) is 15.9. The number of ether oxygens (including phenoxy) is 2. The van der Waals surface area contributed by atoms with E-state index in [1.54, 1.807) is 12.3 Å². The summed E-state index contributed by atoms with van der Waals surface area (Å²) in [4.78, 5) is 31.4. The van der Waals surface area contributed by atoms with Crippen LogP contribution in [0.1, 0.15) is 23.2 Å². The van der Waals surface area contributed by atoms with Gasteiger partial charge in [-0.05, 0) is 68.5 Å². The van der Waals surface area contributed by atoms with E-state index in [9.17, 15) is 9.59 Å². The Kier molecular flexibility index (Phi) is 7.91. The zero-order valence-electron chi connectivity index (χ0n) is 23.7. The van der Waals surface area contributed by atoms with Gasteiger partial charge >= 0.3 is 0 Å². The standard InChI is InChI=1S/C32H37N5O4/c1-35(2)13-6-5-11-34-32(39)25-21-37-27-19-22-7-3-4-8-23(22)20-28(27)41-31-26(10-9-24(29(31)37)30(25)38)33-12-14-36-15-17-40-18-16-36/h3-4,7-10,19-21,33H,5-6,11-18H2,1-2H3,(H,34,39). The maximum Gasteiger partial charge on any atom is 0.256 e. The van der Waals surface area contributed by atoms with E-state index < -0.39 is 0 Å². The number of fused-ring (bicyclic) bond motifs is 3. The molecule has 6 rings (SSSR count). The molecule has 0 aliphatic carbocycles. The van der Waals surface area contributed by atoms with Gasteiger partial charge < -0.3 is 29.6 Å². The number of nitrogens with one attached hydrogen (secondary N) is 2. The SMILES string of the molecule is CN(C)CCCCNC(=O)c1cn2c3c(c(NCCN4CCOCC4)ccc3c1=O)Oc1cc3ccccc3cc1-2. The van der Waals surface area contributed by atoms with Gasteiger partial charge in [0.25, 0.3) is 5.91 Å². The molecule has 214 valence electrons. The fourth-order valence-electron chi connectivity index (χ4n) is 5.60. The number of hydrogen-bond donors (Lipinski definition) is 2. The first-order valence-electron chi connectivity index (χ1n) is 14.4. The number of unbranched alkanes of at least 4 members (excludes halogenated alkanes) is 1. The first-order chi connectivity index (χ1) is 20.0. The molecule has 2 N–H and O–H groups in total. The van der Waals surface area contributed by atoms with Crippen LogP contribution in [0.4, 0.5) is 5.69 Å². The Morgan fingerprint density at radius 1 is 1.00 bits per heavy atom. The van der Waals surface area contributed by atoms with Crippen LogP contribution < -0.4 is 20.8 Å². The minimum Gasteiger partial charge on any atom is -0.451 e. The highest BCUT2D eigenvalue weighted by atomic mass is 16.5. The maximum atomic E-state index is 13.7. The van der Waals surface area contributed by atoms with Crippen LogP contribution in [-0.2, 0) is 4.74 Å². The van der Waals surface area contributed by atoms with E-state index in [0.29, 0.717) is 28.9 Å². The van der Waals surface area contributed by atoms with Gasteiger partial charge in [0.05, 0.1) is 30.0 Å². The van der Waals surface area contributed by atoms with Crippen molar-refractivity contribution in [2.75, 3.05) is 71.9 Å². The number of carbonyl (C=O) groups excluding carboxylic acids is 1. The van der Waals surface area contributed by atoms with E-state index in [2.05, 4.69) is 38.6 Å². The first-order valence-corrected chi connectivity index (χ1v) is 14.4. The van der Waals surface area contributed by atoms with Crippen molar-refractivity contribution in [2.24, 2.45) is 0 Å². The van der Waals surface area contributed by atoms with Crippen molar-refractivity contribution in [1.29, 1.82) is 0 Å². The largest absolute Gasteiger partial charge is 0.451 e. The molecule has 2 aliphatic heterocycles. The van der Waals surface area contributed by atoms with Crippen molar-refractivity contribution in [3.63, 3.8) is 0 Å². The zero-order chi connectivity index (χ0) is 28.3. The molecule has 0 spiro atoms. The van der Waals surface area contributed by atoms with Gasteiger partial charge in [0.15, 0.2) is 11.5 Å². The van der Waals surface area contributed by atoms with E-state index in [-0.39, 0.29) is 16.9 Å². The van der Waals surface area contributed by atoms with Gasteiger partial charge in [0.2, 0.25) is 5.43 Å². The molecule has 3 heterocycles. The lowest BCUT2D eigenvalue weighted by atomic mass is 10.0. The Morgan fingerprint density at radius 3 is 2.56 bits per heavy atom. The number of morpholine rings is 1. The summed E-state index contributed by atoms with van der Waals surface area (Å²) in [5.41, 5.74) is 2.11. The van der Waals surface area contributed by atoms with Crippen LogP contribution in [0.2, 0.25) is 0 Å². The summed E-state index contributed by atoms with van der Waals surface area (Å²) < 4.78 is 14.0. The Balaban J connectivity index is 1.37. The average molecular weight is 556 g/mol. The van der Waals surface area contributed by atoms with Crippen LogP contribution in [0.15, 0.2) is 59.5 Å². The molecule has 1 saturated heterocycles. The van der Waals surface area contributed by atoms with E-state index in [4.69, 9.17) is 9.47 Å². The highest BCUT2D eigenvalue weighted by molar-refractivity contribution is 6.01. The third-order valence-corrected chi connectivity index (χ3v) is 7.83. The molecule has 1 amide bonds. The van der Waals surface area contributed by atoms with Crippen molar-refractivity contribution >= 4 is 33.3 Å². The monoisotopic (exact) mass is 555 g/mol. The predicted octanol–water partition coefficient (Wildman–Crippen LogP) is 4.07. The Bertz CT molecular complexity index is 1640. The molecule has 0 bridgehead atoms. The second kappa shape index (κ2) is 11.9. The molecular weight excluding hydrogens is 518 g/mol. The Hall–Kier alpha value is -3.92. The van der Waals surface area contributed by atoms with Gasteiger partial charge in [-0.2, -0.15) is 0 Å². The van der Waals surface area contributed by atoms with Crippen molar-refractivity contribution in [3.05, 3.63) is 70.5 Å². The Labute approximate surface area is 239 Å². The lowest BCUT2D eigenvalue weighted by Gasteiger charge is -2.28. The summed E-state index contributed by atoms with van der Waals surface area (Å²) in [6.07, 6.45) is 3.49.